The van der Waals surface area contributed by atoms with E-state index in [-0.39, 0.29) is 12.6 Å². The van der Waals surface area contributed by atoms with E-state index < -0.39 is 0 Å². The topological polar surface area (TPSA) is 48.4 Å². The molecule has 0 unspecified atom stereocenters. The van der Waals surface area contributed by atoms with E-state index in [4.69, 9.17) is 9.47 Å². The third-order valence-electron chi connectivity index (χ3n) is 2.43. The molecule has 0 atom stereocenters. The summed E-state index contributed by atoms with van der Waals surface area (Å²) in [5, 5.41) is 0. The molecule has 0 N–H and O–H groups in total. The molecule has 2 rings (SSSR count). The van der Waals surface area contributed by atoms with E-state index >= 15 is 0 Å². The first-order valence-corrected chi connectivity index (χ1v) is 6.00. The van der Waals surface area contributed by atoms with Crippen LogP contribution >= 0.6 is 0 Å². The molecule has 98 valence electrons. The Bertz CT molecular complexity index is 540. The summed E-state index contributed by atoms with van der Waals surface area (Å²) in [7, 11) is 0. The molecule has 4 heteroatoms. The van der Waals surface area contributed by atoms with Gasteiger partial charge < -0.3 is 9.47 Å². The number of ether oxygens (including phenoxy) is 2. The molecule has 1 aromatic heterocycles. The van der Waals surface area contributed by atoms with Crippen molar-refractivity contribution in [2.24, 2.45) is 0 Å². The molecule has 0 saturated carbocycles. The van der Waals surface area contributed by atoms with Crippen LogP contribution in [-0.2, 0) is 22.7 Å². The second kappa shape index (κ2) is 6.54. The summed E-state index contributed by atoms with van der Waals surface area (Å²) in [5.74, 6) is 0.200. The maximum Gasteiger partial charge on any atom is 0.303 e. The average molecular weight is 257 g/mol. The second-order valence-corrected chi connectivity index (χ2v) is 4.02. The molecule has 0 amide bonds. The summed E-state index contributed by atoms with van der Waals surface area (Å²) in [5.41, 5.74) is 1.75. The van der Waals surface area contributed by atoms with Gasteiger partial charge in [0.2, 0.25) is 5.88 Å². The lowest BCUT2D eigenvalue weighted by Gasteiger charge is -2.07. The molecule has 19 heavy (non-hydrogen) atoms. The summed E-state index contributed by atoms with van der Waals surface area (Å²) < 4.78 is 10.5. The number of esters is 1. The van der Waals surface area contributed by atoms with Crippen LogP contribution in [0.2, 0.25) is 0 Å². The lowest BCUT2D eigenvalue weighted by Crippen LogP contribution is -2.02. The molecule has 0 aliphatic rings. The highest BCUT2D eigenvalue weighted by Gasteiger charge is 2.01. The van der Waals surface area contributed by atoms with Crippen LogP contribution in [0.3, 0.4) is 0 Å². The normalized spacial score (nSPS) is 9.95. The summed E-state index contributed by atoms with van der Waals surface area (Å²) in [4.78, 5) is 15.0. The van der Waals surface area contributed by atoms with Crippen molar-refractivity contribution in [3.63, 3.8) is 0 Å². The fraction of sp³-hybridized carbons (Fsp3) is 0.200. The third kappa shape index (κ3) is 4.43. The fourth-order valence-corrected chi connectivity index (χ4v) is 1.53. The predicted molar refractivity (Wildman–Crippen MR) is 70.5 cm³/mol. The van der Waals surface area contributed by atoms with E-state index in [2.05, 4.69) is 4.98 Å². The average Bonchev–Trinajstić information content (AvgIpc) is 2.44. The van der Waals surface area contributed by atoms with Crippen LogP contribution in [0.15, 0.2) is 48.5 Å². The van der Waals surface area contributed by atoms with Gasteiger partial charge in [-0.2, -0.15) is 0 Å². The summed E-state index contributed by atoms with van der Waals surface area (Å²) in [6, 6.07) is 15.3. The van der Waals surface area contributed by atoms with E-state index in [1.807, 2.05) is 36.4 Å². The molecule has 0 saturated heterocycles. The molecule has 0 bridgehead atoms. The van der Waals surface area contributed by atoms with Crippen molar-refractivity contribution < 1.29 is 14.3 Å². The number of benzene rings is 1. The highest BCUT2D eigenvalue weighted by Crippen LogP contribution is 2.11. The van der Waals surface area contributed by atoms with E-state index in [0.29, 0.717) is 18.2 Å². The summed E-state index contributed by atoms with van der Waals surface area (Å²) in [6.45, 7) is 2.00. The number of rotatable bonds is 5. The third-order valence-corrected chi connectivity index (χ3v) is 2.43. The minimum Gasteiger partial charge on any atom is -0.473 e. The highest BCUT2D eigenvalue weighted by molar-refractivity contribution is 5.65. The Morgan fingerprint density at radius 3 is 2.58 bits per heavy atom. The van der Waals surface area contributed by atoms with Gasteiger partial charge in [-0.05, 0) is 11.6 Å². The number of carbonyl (C=O) groups excluding carboxylic acids is 1. The van der Waals surface area contributed by atoms with Gasteiger partial charge in [-0.25, -0.2) is 4.98 Å². The Hall–Kier alpha value is -2.36. The lowest BCUT2D eigenvalue weighted by molar-refractivity contribution is -0.142. The Morgan fingerprint density at radius 1 is 1.05 bits per heavy atom. The Kier molecular flexibility index (Phi) is 4.50. The number of pyridine rings is 1. The van der Waals surface area contributed by atoms with Crippen LogP contribution < -0.4 is 4.74 Å². The van der Waals surface area contributed by atoms with Crippen molar-refractivity contribution in [1.29, 1.82) is 0 Å². The monoisotopic (exact) mass is 257 g/mol. The maximum atomic E-state index is 10.7. The van der Waals surface area contributed by atoms with Crippen LogP contribution in [0, 0.1) is 0 Å². The first kappa shape index (κ1) is 13.1. The maximum absolute atomic E-state index is 10.7. The SMILES string of the molecule is CC(=O)OCc1cccc(OCc2ccccc2)n1. The first-order valence-electron chi connectivity index (χ1n) is 6.00. The quantitative estimate of drug-likeness (QED) is 0.773. The van der Waals surface area contributed by atoms with Crippen LogP contribution in [0.4, 0.5) is 0 Å². The molecule has 0 fully saturated rings. The minimum absolute atomic E-state index is 0.165. The van der Waals surface area contributed by atoms with Crippen molar-refractivity contribution in [3.05, 3.63) is 59.8 Å². The standard InChI is InChI=1S/C15H15NO3/c1-12(17)18-11-14-8-5-9-15(16-14)19-10-13-6-3-2-4-7-13/h2-9H,10-11H2,1H3. The highest BCUT2D eigenvalue weighted by atomic mass is 16.5. The van der Waals surface area contributed by atoms with Gasteiger partial charge in [-0.3, -0.25) is 4.79 Å². The zero-order valence-corrected chi connectivity index (χ0v) is 10.7. The van der Waals surface area contributed by atoms with Crippen LogP contribution in [0.1, 0.15) is 18.2 Å². The van der Waals surface area contributed by atoms with Crippen molar-refractivity contribution in [2.75, 3.05) is 0 Å². The van der Waals surface area contributed by atoms with Gasteiger partial charge in [0.1, 0.15) is 13.2 Å². The molecular weight excluding hydrogens is 242 g/mol. The molecule has 1 aromatic carbocycles. The van der Waals surface area contributed by atoms with Crippen LogP contribution in [-0.4, -0.2) is 11.0 Å². The fourth-order valence-electron chi connectivity index (χ4n) is 1.53. The molecule has 0 radical (unpaired) electrons. The van der Waals surface area contributed by atoms with Crippen molar-refractivity contribution in [2.45, 2.75) is 20.1 Å². The van der Waals surface area contributed by atoms with Crippen molar-refractivity contribution >= 4 is 5.97 Å². The smallest absolute Gasteiger partial charge is 0.303 e. The molecule has 0 aliphatic carbocycles. The number of hydrogen-bond acceptors (Lipinski definition) is 4. The van der Waals surface area contributed by atoms with E-state index in [0.717, 1.165) is 5.56 Å². The molecule has 2 aromatic rings. The zero-order valence-electron chi connectivity index (χ0n) is 10.7. The van der Waals surface area contributed by atoms with Gasteiger partial charge in [0, 0.05) is 13.0 Å². The summed E-state index contributed by atoms with van der Waals surface area (Å²) >= 11 is 0. The van der Waals surface area contributed by atoms with Gasteiger partial charge in [-0.15, -0.1) is 0 Å². The number of hydrogen-bond donors (Lipinski definition) is 0. The van der Waals surface area contributed by atoms with Gasteiger partial charge >= 0.3 is 5.97 Å². The zero-order chi connectivity index (χ0) is 13.5. The van der Waals surface area contributed by atoms with Gasteiger partial charge in [0.15, 0.2) is 0 Å². The number of carbonyl (C=O) groups is 1. The van der Waals surface area contributed by atoms with Gasteiger partial charge in [0.05, 0.1) is 5.69 Å². The molecular formula is C15H15NO3. The number of aromatic nitrogens is 1. The van der Waals surface area contributed by atoms with E-state index in [1.165, 1.54) is 6.92 Å². The first-order chi connectivity index (χ1) is 9.24. The van der Waals surface area contributed by atoms with Gasteiger partial charge in [-0.1, -0.05) is 36.4 Å². The molecule has 4 nitrogen and oxygen atoms in total. The Balaban J connectivity index is 1.93. The van der Waals surface area contributed by atoms with Gasteiger partial charge in [0.25, 0.3) is 0 Å². The summed E-state index contributed by atoms with van der Waals surface area (Å²) in [6.07, 6.45) is 0. The lowest BCUT2D eigenvalue weighted by atomic mass is 10.2. The van der Waals surface area contributed by atoms with E-state index in [1.54, 1.807) is 12.1 Å². The molecule has 0 aliphatic heterocycles. The van der Waals surface area contributed by atoms with Crippen LogP contribution in [0.25, 0.3) is 0 Å². The minimum atomic E-state index is -0.322. The molecule has 0 spiro atoms. The molecule has 1 heterocycles. The predicted octanol–water partition coefficient (Wildman–Crippen LogP) is 2.72. The number of nitrogens with zero attached hydrogens (tertiary/aromatic N) is 1. The van der Waals surface area contributed by atoms with E-state index in [9.17, 15) is 4.79 Å². The Labute approximate surface area is 112 Å². The Morgan fingerprint density at radius 2 is 1.84 bits per heavy atom. The second-order valence-electron chi connectivity index (χ2n) is 4.02. The van der Waals surface area contributed by atoms with Crippen LogP contribution in [0.5, 0.6) is 5.88 Å². The van der Waals surface area contributed by atoms with Crippen molar-refractivity contribution in [3.8, 4) is 5.88 Å². The van der Waals surface area contributed by atoms with Crippen molar-refractivity contribution in [1.82, 2.24) is 4.98 Å². The largest absolute Gasteiger partial charge is 0.473 e.